The fourth-order valence-electron chi connectivity index (χ4n) is 3.76. The smallest absolute Gasteiger partial charge is 0.0765 e. The van der Waals surface area contributed by atoms with E-state index in [9.17, 15) is 0 Å². The maximum absolute atomic E-state index is 2.43. The van der Waals surface area contributed by atoms with Gasteiger partial charge in [0.05, 0.1) is 28.9 Å². The third-order valence-electron chi connectivity index (χ3n) is 5.17. The van der Waals surface area contributed by atoms with Crippen molar-refractivity contribution in [3.63, 3.8) is 0 Å². The lowest BCUT2D eigenvalue weighted by molar-refractivity contribution is 1.06. The molecule has 1 atom stereocenters. The molecule has 0 radical (unpaired) electrons. The van der Waals surface area contributed by atoms with Gasteiger partial charge in [0.15, 0.2) is 0 Å². The SMILES string of the molecule is IN(c1ccc2ccc3ccccc3c2c1)C1C=CC(c2ccccc2)=C1. The van der Waals surface area contributed by atoms with E-state index in [2.05, 4.69) is 129 Å². The highest BCUT2D eigenvalue weighted by molar-refractivity contribution is 14.1. The van der Waals surface area contributed by atoms with Gasteiger partial charge in [0, 0.05) is 5.69 Å². The van der Waals surface area contributed by atoms with Crippen LogP contribution in [0.3, 0.4) is 0 Å². The van der Waals surface area contributed by atoms with Gasteiger partial charge in [-0.15, -0.1) is 0 Å². The van der Waals surface area contributed by atoms with Gasteiger partial charge in [-0.1, -0.05) is 84.9 Å². The minimum atomic E-state index is 0.258. The first kappa shape index (κ1) is 16.6. The summed E-state index contributed by atoms with van der Waals surface area (Å²) < 4.78 is 2.31. The molecule has 0 heterocycles. The number of nitrogens with zero attached hydrogens (tertiary/aromatic N) is 1. The van der Waals surface area contributed by atoms with Crippen LogP contribution in [0, 0.1) is 0 Å². The van der Waals surface area contributed by atoms with E-state index >= 15 is 0 Å². The van der Waals surface area contributed by atoms with E-state index in [1.54, 1.807) is 0 Å². The molecule has 2 heteroatoms. The standard InChI is InChI=1S/C25H18IN/c26-27(22-15-13-21(16-22)18-6-2-1-3-7-18)23-14-12-20-11-10-19-8-4-5-9-24(19)25(20)17-23/h1-17,22H. The van der Waals surface area contributed by atoms with Gasteiger partial charge in [-0.25, -0.2) is 0 Å². The summed E-state index contributed by atoms with van der Waals surface area (Å²) in [7, 11) is 0. The predicted molar refractivity (Wildman–Crippen MR) is 125 cm³/mol. The first-order chi connectivity index (χ1) is 13.3. The molecule has 4 aromatic carbocycles. The number of benzene rings is 4. The molecule has 0 N–H and O–H groups in total. The highest BCUT2D eigenvalue weighted by atomic mass is 127. The maximum atomic E-state index is 2.43. The van der Waals surface area contributed by atoms with Gasteiger partial charge in [0.2, 0.25) is 0 Å². The molecular formula is C25H18IN. The maximum Gasteiger partial charge on any atom is 0.0765 e. The number of hydrogen-bond donors (Lipinski definition) is 0. The van der Waals surface area contributed by atoms with E-state index in [0.29, 0.717) is 0 Å². The minimum absolute atomic E-state index is 0.258. The minimum Gasteiger partial charge on any atom is -0.304 e. The van der Waals surface area contributed by atoms with Crippen molar-refractivity contribution < 1.29 is 0 Å². The van der Waals surface area contributed by atoms with E-state index in [-0.39, 0.29) is 6.04 Å². The zero-order chi connectivity index (χ0) is 18.2. The zero-order valence-corrected chi connectivity index (χ0v) is 16.9. The van der Waals surface area contributed by atoms with Gasteiger partial charge in [-0.2, -0.15) is 0 Å². The molecule has 0 aromatic heterocycles. The van der Waals surface area contributed by atoms with Crippen LogP contribution in [0.1, 0.15) is 5.56 Å². The summed E-state index contributed by atoms with van der Waals surface area (Å²) in [5.74, 6) is 0. The highest BCUT2D eigenvalue weighted by Gasteiger charge is 2.17. The largest absolute Gasteiger partial charge is 0.304 e. The van der Waals surface area contributed by atoms with Crippen molar-refractivity contribution in [2.75, 3.05) is 3.11 Å². The average Bonchev–Trinajstić information content (AvgIpc) is 3.24. The van der Waals surface area contributed by atoms with Crippen molar-refractivity contribution in [3.8, 4) is 0 Å². The van der Waals surface area contributed by atoms with E-state index in [0.717, 1.165) is 0 Å². The Kier molecular flexibility index (Phi) is 4.21. The van der Waals surface area contributed by atoms with Crippen LogP contribution in [0.4, 0.5) is 5.69 Å². The Bertz CT molecular complexity index is 1190. The van der Waals surface area contributed by atoms with Gasteiger partial charge in [0.25, 0.3) is 0 Å². The Morgan fingerprint density at radius 2 is 1.41 bits per heavy atom. The third-order valence-corrected chi connectivity index (χ3v) is 6.37. The van der Waals surface area contributed by atoms with Gasteiger partial charge in [0.1, 0.15) is 0 Å². The number of rotatable bonds is 3. The third kappa shape index (κ3) is 3.04. The molecule has 4 aromatic rings. The fourth-order valence-corrected chi connectivity index (χ4v) is 4.40. The van der Waals surface area contributed by atoms with Crippen LogP contribution in [-0.4, -0.2) is 6.04 Å². The van der Waals surface area contributed by atoms with E-state index in [1.165, 1.54) is 38.4 Å². The molecule has 1 nitrogen and oxygen atoms in total. The molecule has 0 fully saturated rings. The molecule has 1 aliphatic rings. The second-order valence-electron chi connectivity index (χ2n) is 6.84. The van der Waals surface area contributed by atoms with Crippen LogP contribution in [0.5, 0.6) is 0 Å². The normalized spacial score (nSPS) is 16.0. The van der Waals surface area contributed by atoms with Gasteiger partial charge < -0.3 is 3.11 Å². The van der Waals surface area contributed by atoms with Crippen LogP contribution in [-0.2, 0) is 0 Å². The van der Waals surface area contributed by atoms with E-state index in [1.807, 2.05) is 0 Å². The molecule has 0 saturated carbocycles. The van der Waals surface area contributed by atoms with Crippen LogP contribution in [0.15, 0.2) is 103 Å². The summed E-state index contributed by atoms with van der Waals surface area (Å²) in [4.78, 5) is 0. The highest BCUT2D eigenvalue weighted by Crippen LogP contribution is 2.34. The Morgan fingerprint density at radius 1 is 0.704 bits per heavy atom. The second kappa shape index (κ2) is 6.86. The van der Waals surface area contributed by atoms with Crippen LogP contribution >= 0.6 is 22.9 Å². The van der Waals surface area contributed by atoms with Crippen LogP contribution in [0.2, 0.25) is 0 Å². The predicted octanol–water partition coefficient (Wildman–Crippen LogP) is 7.17. The van der Waals surface area contributed by atoms with Crippen molar-refractivity contribution in [1.29, 1.82) is 0 Å². The number of hydrogen-bond acceptors (Lipinski definition) is 1. The average molecular weight is 459 g/mol. The van der Waals surface area contributed by atoms with Gasteiger partial charge >= 0.3 is 0 Å². The molecule has 1 unspecified atom stereocenters. The zero-order valence-electron chi connectivity index (χ0n) is 14.7. The van der Waals surface area contributed by atoms with Crippen molar-refractivity contribution in [2.45, 2.75) is 6.04 Å². The Morgan fingerprint density at radius 3 is 2.26 bits per heavy atom. The molecule has 1 aliphatic carbocycles. The van der Waals surface area contributed by atoms with E-state index < -0.39 is 0 Å². The van der Waals surface area contributed by atoms with Crippen LogP contribution < -0.4 is 3.11 Å². The van der Waals surface area contributed by atoms with Gasteiger partial charge in [-0.3, -0.25) is 0 Å². The number of halogens is 1. The van der Waals surface area contributed by atoms with E-state index in [4.69, 9.17) is 0 Å². The molecule has 0 saturated heterocycles. The Balaban J connectivity index is 1.53. The van der Waals surface area contributed by atoms with Crippen molar-refractivity contribution in [3.05, 3.63) is 109 Å². The van der Waals surface area contributed by atoms with Crippen LogP contribution in [0.25, 0.3) is 27.1 Å². The van der Waals surface area contributed by atoms with Crippen molar-refractivity contribution in [1.82, 2.24) is 0 Å². The summed E-state index contributed by atoms with van der Waals surface area (Å²) in [6.45, 7) is 0. The Hall–Kier alpha value is -2.59. The fraction of sp³-hybridized carbons (Fsp3) is 0.0400. The van der Waals surface area contributed by atoms with Crippen molar-refractivity contribution >= 4 is 55.7 Å². The summed E-state index contributed by atoms with van der Waals surface area (Å²) in [6, 6.07) is 30.6. The first-order valence-electron chi connectivity index (χ1n) is 9.11. The summed E-state index contributed by atoms with van der Waals surface area (Å²) >= 11 is 2.43. The first-order valence-corrected chi connectivity index (χ1v) is 10.1. The molecule has 27 heavy (non-hydrogen) atoms. The summed E-state index contributed by atoms with van der Waals surface area (Å²) in [5, 5.41) is 5.18. The Labute approximate surface area is 173 Å². The molecule has 0 amide bonds. The molecule has 0 bridgehead atoms. The quantitative estimate of drug-likeness (QED) is 0.178. The molecule has 130 valence electrons. The molecular weight excluding hydrogens is 441 g/mol. The lowest BCUT2D eigenvalue weighted by Gasteiger charge is -2.22. The number of allylic oxidation sites excluding steroid dienone is 2. The van der Waals surface area contributed by atoms with Crippen molar-refractivity contribution in [2.24, 2.45) is 0 Å². The second-order valence-corrected chi connectivity index (χ2v) is 7.88. The molecule has 5 rings (SSSR count). The summed E-state index contributed by atoms with van der Waals surface area (Å²) in [6.07, 6.45) is 6.82. The number of anilines is 1. The lowest BCUT2D eigenvalue weighted by Crippen LogP contribution is -2.20. The molecule has 0 aliphatic heterocycles. The summed E-state index contributed by atoms with van der Waals surface area (Å²) in [5.41, 5.74) is 3.78. The molecule has 0 spiro atoms. The lowest BCUT2D eigenvalue weighted by atomic mass is 10.0. The monoisotopic (exact) mass is 459 g/mol. The topological polar surface area (TPSA) is 3.24 Å². The number of fused-ring (bicyclic) bond motifs is 3. The van der Waals surface area contributed by atoms with Gasteiger partial charge in [-0.05, 0) is 50.9 Å².